The molecule has 0 bridgehead atoms. The van der Waals surface area contributed by atoms with Gasteiger partial charge in [0.2, 0.25) is 8.87 Å². The Morgan fingerprint density at radius 3 is 2.33 bits per heavy atom. The van der Waals surface area contributed by atoms with E-state index in [1.54, 1.807) is 49.4 Å². The number of nitro groups is 1. The molecule has 0 saturated carbocycles. The van der Waals surface area contributed by atoms with Gasteiger partial charge in [-0.15, -0.1) is 0 Å². The van der Waals surface area contributed by atoms with Gasteiger partial charge in [-0.1, -0.05) is 36.9 Å². The summed E-state index contributed by atoms with van der Waals surface area (Å²) in [7, 11) is -1.94. The zero-order valence-corrected chi connectivity index (χ0v) is 24.3. The van der Waals surface area contributed by atoms with Crippen LogP contribution in [0.15, 0.2) is 101 Å². The number of aliphatic imine (C=N–C) groups is 1. The Balaban J connectivity index is 1.60. The van der Waals surface area contributed by atoms with Gasteiger partial charge in [-0.2, -0.15) is 0 Å². The summed E-state index contributed by atoms with van der Waals surface area (Å²) in [6.07, 6.45) is 1.34. The smallest absolute Gasteiger partial charge is 0.333 e. The molecule has 1 fully saturated rings. The second kappa shape index (κ2) is 13.0. The topological polar surface area (TPSA) is 145 Å². The van der Waals surface area contributed by atoms with Crippen LogP contribution in [0.25, 0.3) is 0 Å². The van der Waals surface area contributed by atoms with Gasteiger partial charge in [-0.05, 0) is 60.0 Å². The fourth-order valence-electron chi connectivity index (χ4n) is 4.11. The van der Waals surface area contributed by atoms with Gasteiger partial charge in [0, 0.05) is 29.1 Å². The number of methoxy groups -OCH3 is 1. The standard InChI is InChI=1S/C29H27N3O8S2/c1-19(2)26(29(34)40-18-21-11-15-23(39-3)16-12-21)31-27(33)25(30-17-20-9-13-22(14-10-20)32(35)36)28(31)41-42(37,38)24-7-5-4-6-8-24/h4-17,25-26,28H,1,18H2,2-3H3. The predicted octanol–water partition coefficient (Wildman–Crippen LogP) is 4.37. The van der Waals surface area contributed by atoms with E-state index in [9.17, 15) is 28.1 Å². The number of esters is 1. The van der Waals surface area contributed by atoms with E-state index in [-0.39, 0.29) is 22.8 Å². The van der Waals surface area contributed by atoms with Gasteiger partial charge < -0.3 is 14.4 Å². The molecule has 3 aromatic rings. The third-order valence-electron chi connectivity index (χ3n) is 6.31. The minimum absolute atomic E-state index is 0.0290. The summed E-state index contributed by atoms with van der Waals surface area (Å²) in [5.74, 6) is -0.730. The Morgan fingerprint density at radius 1 is 1.12 bits per heavy atom. The van der Waals surface area contributed by atoms with E-state index in [1.165, 1.54) is 49.7 Å². The summed E-state index contributed by atoms with van der Waals surface area (Å²) in [4.78, 5) is 42.5. The van der Waals surface area contributed by atoms with E-state index in [1.807, 2.05) is 0 Å². The number of β-lactam (4-membered cyclic amide) rings is 1. The summed E-state index contributed by atoms with van der Waals surface area (Å²) in [6, 6.07) is 17.7. The molecule has 0 aromatic heterocycles. The van der Waals surface area contributed by atoms with Gasteiger partial charge in [-0.3, -0.25) is 19.9 Å². The fourth-order valence-corrected chi connectivity index (χ4v) is 7.62. The molecule has 1 amide bonds. The molecule has 1 saturated heterocycles. The van der Waals surface area contributed by atoms with E-state index in [0.717, 1.165) is 4.90 Å². The molecule has 42 heavy (non-hydrogen) atoms. The predicted molar refractivity (Wildman–Crippen MR) is 158 cm³/mol. The van der Waals surface area contributed by atoms with Crippen molar-refractivity contribution in [2.75, 3.05) is 7.11 Å². The minimum Gasteiger partial charge on any atom is -0.497 e. The highest BCUT2D eigenvalue weighted by Crippen LogP contribution is 2.41. The molecule has 0 spiro atoms. The molecule has 11 nitrogen and oxygen atoms in total. The van der Waals surface area contributed by atoms with E-state index in [0.29, 0.717) is 27.7 Å². The normalized spacial score (nSPS) is 17.4. The molecule has 4 rings (SSSR count). The van der Waals surface area contributed by atoms with Crippen LogP contribution in [-0.4, -0.2) is 60.9 Å². The molecule has 1 heterocycles. The average Bonchev–Trinajstić information content (AvgIpc) is 2.99. The quantitative estimate of drug-likeness (QED) is 0.0556. The highest BCUT2D eigenvalue weighted by molar-refractivity contribution is 8.72. The van der Waals surface area contributed by atoms with Crippen LogP contribution in [0.3, 0.4) is 0 Å². The number of hydrogen-bond acceptors (Lipinski definition) is 10. The number of nitrogens with zero attached hydrogens (tertiary/aromatic N) is 3. The van der Waals surface area contributed by atoms with Crippen LogP contribution in [0.4, 0.5) is 5.69 Å². The number of ether oxygens (including phenoxy) is 2. The first-order valence-corrected chi connectivity index (χ1v) is 15.4. The van der Waals surface area contributed by atoms with Crippen molar-refractivity contribution in [3.63, 3.8) is 0 Å². The van der Waals surface area contributed by atoms with Gasteiger partial charge in [0.25, 0.3) is 11.6 Å². The summed E-state index contributed by atoms with van der Waals surface area (Å²) >= 11 is 0. The van der Waals surface area contributed by atoms with Gasteiger partial charge in [-0.25, -0.2) is 13.2 Å². The molecule has 1 aliphatic heterocycles. The number of benzene rings is 3. The number of carbonyl (C=O) groups excluding carboxylic acids is 2. The number of likely N-dealkylation sites (tertiary alicyclic amines) is 1. The summed E-state index contributed by atoms with van der Waals surface area (Å²) in [5, 5.41) is 9.85. The van der Waals surface area contributed by atoms with Crippen LogP contribution in [0.5, 0.6) is 5.75 Å². The Kier molecular flexibility index (Phi) is 9.43. The number of carbonyl (C=O) groups is 2. The molecule has 3 atom stereocenters. The van der Waals surface area contributed by atoms with E-state index in [2.05, 4.69) is 11.6 Å². The van der Waals surface area contributed by atoms with Crippen LogP contribution in [-0.2, 0) is 29.8 Å². The zero-order chi connectivity index (χ0) is 30.4. The van der Waals surface area contributed by atoms with Gasteiger partial charge in [0.1, 0.15) is 17.7 Å². The van der Waals surface area contributed by atoms with Crippen molar-refractivity contribution in [3.05, 3.63) is 112 Å². The van der Waals surface area contributed by atoms with Crippen molar-refractivity contribution < 1.29 is 32.4 Å². The number of non-ortho nitro benzene ring substituents is 1. The van der Waals surface area contributed by atoms with Crippen molar-refractivity contribution >= 4 is 43.4 Å². The van der Waals surface area contributed by atoms with Gasteiger partial charge in [0.15, 0.2) is 12.1 Å². The van der Waals surface area contributed by atoms with Crippen LogP contribution in [0.2, 0.25) is 0 Å². The first-order chi connectivity index (χ1) is 20.0. The highest BCUT2D eigenvalue weighted by atomic mass is 33.1. The largest absolute Gasteiger partial charge is 0.497 e. The van der Waals surface area contributed by atoms with Crippen molar-refractivity contribution in [2.45, 2.75) is 35.9 Å². The van der Waals surface area contributed by atoms with Gasteiger partial charge in [0.05, 0.1) is 16.9 Å². The Labute approximate surface area is 246 Å². The number of nitro benzene ring substituents is 1. The molecule has 1 aliphatic rings. The lowest BCUT2D eigenvalue weighted by atomic mass is 9.99. The van der Waals surface area contributed by atoms with Crippen LogP contribution >= 0.6 is 10.8 Å². The maximum atomic E-state index is 13.4. The lowest BCUT2D eigenvalue weighted by molar-refractivity contribution is -0.384. The van der Waals surface area contributed by atoms with E-state index < -0.39 is 43.1 Å². The molecule has 3 unspecified atom stereocenters. The highest BCUT2D eigenvalue weighted by Gasteiger charge is 2.55. The average molecular weight is 610 g/mol. The third kappa shape index (κ3) is 6.86. The second-order valence-corrected chi connectivity index (χ2v) is 13.2. The SMILES string of the molecule is C=C(C)C(C(=O)OCc1ccc(OC)cc1)N1C(=O)C(N=Cc2ccc([N+](=O)[O-])cc2)C1SS(=O)(=O)c1ccccc1. The van der Waals surface area contributed by atoms with Crippen LogP contribution in [0.1, 0.15) is 18.1 Å². The minimum atomic E-state index is -3.97. The maximum absolute atomic E-state index is 13.4. The molecular formula is C29H27N3O8S2. The van der Waals surface area contributed by atoms with Gasteiger partial charge >= 0.3 is 5.97 Å². The molecule has 0 N–H and O–H groups in total. The number of rotatable bonds is 12. The van der Waals surface area contributed by atoms with Crippen molar-refractivity contribution in [1.29, 1.82) is 0 Å². The molecule has 0 aliphatic carbocycles. The summed E-state index contributed by atoms with van der Waals surface area (Å²) in [6.45, 7) is 5.32. The summed E-state index contributed by atoms with van der Waals surface area (Å²) < 4.78 is 37.2. The molecule has 0 radical (unpaired) electrons. The van der Waals surface area contributed by atoms with Crippen molar-refractivity contribution in [2.24, 2.45) is 4.99 Å². The second-order valence-electron chi connectivity index (χ2n) is 9.28. The third-order valence-corrected chi connectivity index (χ3v) is 10.0. The van der Waals surface area contributed by atoms with Crippen LogP contribution < -0.4 is 4.74 Å². The Morgan fingerprint density at radius 2 is 1.76 bits per heavy atom. The molecule has 3 aromatic carbocycles. The zero-order valence-electron chi connectivity index (χ0n) is 22.7. The van der Waals surface area contributed by atoms with E-state index >= 15 is 0 Å². The first kappa shape index (κ1) is 30.5. The number of hydrogen-bond donors (Lipinski definition) is 0. The first-order valence-electron chi connectivity index (χ1n) is 12.5. The maximum Gasteiger partial charge on any atom is 0.333 e. The molecular weight excluding hydrogens is 582 g/mol. The van der Waals surface area contributed by atoms with E-state index in [4.69, 9.17) is 9.47 Å². The summed E-state index contributed by atoms with van der Waals surface area (Å²) in [5.41, 5.74) is 1.32. The van der Waals surface area contributed by atoms with Crippen LogP contribution in [0, 0.1) is 10.1 Å². The van der Waals surface area contributed by atoms with Crippen molar-refractivity contribution in [3.8, 4) is 5.75 Å². The number of amides is 1. The van der Waals surface area contributed by atoms with Crippen molar-refractivity contribution in [1.82, 2.24) is 4.90 Å². The molecule has 218 valence electrons. The lowest BCUT2D eigenvalue weighted by Crippen LogP contribution is -2.67. The monoisotopic (exact) mass is 609 g/mol. The fraction of sp³-hybridized carbons (Fsp3) is 0.207. The Bertz CT molecular complexity index is 1610. The lowest BCUT2D eigenvalue weighted by Gasteiger charge is -2.47. The molecule has 13 heteroatoms. The Hall–Kier alpha value is -4.49.